The molecule has 1 saturated carbocycles. The molecule has 0 unspecified atom stereocenters. The van der Waals surface area contributed by atoms with Crippen LogP contribution < -0.4 is 20.7 Å². The molecule has 5 rings (SSSR count). The van der Waals surface area contributed by atoms with Crippen LogP contribution in [0.1, 0.15) is 30.5 Å². The van der Waals surface area contributed by atoms with Crippen LogP contribution in [0.25, 0.3) is 11.0 Å². The van der Waals surface area contributed by atoms with Crippen molar-refractivity contribution in [2.24, 2.45) is 5.92 Å². The van der Waals surface area contributed by atoms with E-state index in [2.05, 4.69) is 35.9 Å². The van der Waals surface area contributed by atoms with E-state index < -0.39 is 0 Å². The van der Waals surface area contributed by atoms with E-state index in [0.717, 1.165) is 36.5 Å². The van der Waals surface area contributed by atoms with Crippen molar-refractivity contribution in [3.63, 3.8) is 0 Å². The highest BCUT2D eigenvalue weighted by Gasteiger charge is 2.25. The molecule has 34 heavy (non-hydrogen) atoms. The molecule has 2 aliphatic rings. The molecule has 0 radical (unpaired) electrons. The molecule has 1 aromatic carbocycles. The van der Waals surface area contributed by atoms with Crippen LogP contribution in [0.15, 0.2) is 29.6 Å². The third-order valence-corrected chi connectivity index (χ3v) is 7.16. The summed E-state index contributed by atoms with van der Waals surface area (Å²) in [7, 11) is 1.52. The SMILES string of the molecule is COc1cnc2ccc(F)c(CNC[C@H]3CC[C@H](NCc4cnc5c(n4)NC(=O)CS5)C3)c2n1. The Balaban J connectivity index is 1.12. The highest BCUT2D eigenvalue weighted by Crippen LogP contribution is 2.28. The summed E-state index contributed by atoms with van der Waals surface area (Å²) in [6, 6.07) is 3.45. The molecule has 3 aromatic rings. The number of nitrogens with zero attached hydrogens (tertiary/aromatic N) is 4. The number of anilines is 1. The number of fused-ring (bicyclic) bond motifs is 2. The minimum absolute atomic E-state index is 0.0439. The minimum Gasteiger partial charge on any atom is -0.480 e. The van der Waals surface area contributed by atoms with Crippen LogP contribution >= 0.6 is 11.8 Å². The number of hydrogen-bond donors (Lipinski definition) is 3. The zero-order chi connectivity index (χ0) is 23.5. The van der Waals surface area contributed by atoms with Crippen LogP contribution in [0.5, 0.6) is 5.88 Å². The van der Waals surface area contributed by atoms with Crippen molar-refractivity contribution in [2.45, 2.75) is 43.4 Å². The average Bonchev–Trinajstić information content (AvgIpc) is 3.31. The maximum absolute atomic E-state index is 14.5. The molecule has 1 aliphatic heterocycles. The quantitative estimate of drug-likeness (QED) is 0.445. The van der Waals surface area contributed by atoms with E-state index in [1.54, 1.807) is 12.3 Å². The summed E-state index contributed by atoms with van der Waals surface area (Å²) in [4.78, 5) is 29.2. The second-order valence-corrected chi connectivity index (χ2v) is 9.51. The largest absolute Gasteiger partial charge is 0.480 e. The van der Waals surface area contributed by atoms with E-state index in [-0.39, 0.29) is 11.7 Å². The number of rotatable bonds is 8. The molecule has 3 heterocycles. The lowest BCUT2D eigenvalue weighted by atomic mass is 10.1. The van der Waals surface area contributed by atoms with E-state index in [1.807, 2.05) is 0 Å². The second-order valence-electron chi connectivity index (χ2n) is 8.55. The first-order chi connectivity index (χ1) is 16.6. The Bertz CT molecular complexity index is 1210. The van der Waals surface area contributed by atoms with E-state index >= 15 is 0 Å². The summed E-state index contributed by atoms with van der Waals surface area (Å²) in [5.41, 5.74) is 2.49. The molecule has 11 heteroatoms. The van der Waals surface area contributed by atoms with Crippen molar-refractivity contribution >= 4 is 34.5 Å². The number of aromatic nitrogens is 4. The molecule has 0 saturated heterocycles. The second kappa shape index (κ2) is 10.2. The third kappa shape index (κ3) is 5.11. The van der Waals surface area contributed by atoms with Crippen molar-refractivity contribution in [3.05, 3.63) is 41.6 Å². The number of halogens is 1. The Morgan fingerprint density at radius 1 is 1.21 bits per heavy atom. The molecule has 1 fully saturated rings. The highest BCUT2D eigenvalue weighted by atomic mass is 32.2. The molecule has 9 nitrogen and oxygen atoms in total. The topological polar surface area (TPSA) is 114 Å². The number of carbonyl (C=O) groups excluding carboxylic acids is 1. The Kier molecular flexibility index (Phi) is 6.84. The first-order valence-electron chi connectivity index (χ1n) is 11.3. The van der Waals surface area contributed by atoms with Crippen molar-refractivity contribution in [1.82, 2.24) is 30.6 Å². The van der Waals surface area contributed by atoms with Crippen molar-refractivity contribution in [1.29, 1.82) is 0 Å². The molecule has 2 aromatic heterocycles. The first kappa shape index (κ1) is 22.9. The fraction of sp³-hybridized carbons (Fsp3) is 0.435. The van der Waals surface area contributed by atoms with E-state index in [4.69, 9.17) is 4.74 Å². The van der Waals surface area contributed by atoms with Gasteiger partial charge in [0.15, 0.2) is 5.82 Å². The molecular weight excluding hydrogens is 457 g/mol. The standard InChI is InChI=1S/C23H26FN7O2S/c1-33-20-11-27-18-5-4-17(24)16(21(18)31-20)10-25-7-13-2-3-14(6-13)26-8-15-9-28-23-22(29-15)30-19(32)12-34-23/h4-5,9,11,13-14,25-26H,2-3,6-8,10,12H2,1H3,(H,29,30,32)/t13-,14-/m0/s1. The van der Waals surface area contributed by atoms with Gasteiger partial charge in [-0.15, -0.1) is 0 Å². The van der Waals surface area contributed by atoms with Gasteiger partial charge in [0, 0.05) is 24.7 Å². The lowest BCUT2D eigenvalue weighted by Crippen LogP contribution is -2.28. The van der Waals surface area contributed by atoms with Crippen LogP contribution in [0.2, 0.25) is 0 Å². The van der Waals surface area contributed by atoms with Crippen LogP contribution in [0.4, 0.5) is 10.2 Å². The Labute approximate surface area is 200 Å². The molecule has 1 amide bonds. The lowest BCUT2D eigenvalue weighted by Gasteiger charge is -2.17. The molecule has 0 spiro atoms. The van der Waals surface area contributed by atoms with Gasteiger partial charge in [0.1, 0.15) is 16.4 Å². The van der Waals surface area contributed by atoms with Gasteiger partial charge in [-0.3, -0.25) is 4.79 Å². The Hall–Kier alpha value is -2.89. The number of carbonyl (C=O) groups is 1. The van der Waals surface area contributed by atoms with Crippen molar-refractivity contribution < 1.29 is 13.9 Å². The van der Waals surface area contributed by atoms with Crippen LogP contribution in [-0.2, 0) is 17.9 Å². The molecule has 178 valence electrons. The fourth-order valence-electron chi connectivity index (χ4n) is 4.44. The smallest absolute Gasteiger partial charge is 0.236 e. The van der Waals surface area contributed by atoms with Crippen molar-refractivity contribution in [3.8, 4) is 5.88 Å². The average molecular weight is 484 g/mol. The van der Waals surface area contributed by atoms with Gasteiger partial charge in [-0.05, 0) is 43.9 Å². The van der Waals surface area contributed by atoms with E-state index in [1.165, 1.54) is 31.1 Å². The molecule has 1 aliphatic carbocycles. The number of thioether (sulfide) groups is 1. The molecule has 2 atom stereocenters. The van der Waals surface area contributed by atoms with Gasteiger partial charge in [-0.25, -0.2) is 24.3 Å². The molecular formula is C23H26FN7O2S. The Morgan fingerprint density at radius 3 is 3.00 bits per heavy atom. The zero-order valence-electron chi connectivity index (χ0n) is 18.8. The van der Waals surface area contributed by atoms with Gasteiger partial charge >= 0.3 is 0 Å². The predicted octanol–water partition coefficient (Wildman–Crippen LogP) is 2.66. The Morgan fingerprint density at radius 2 is 2.12 bits per heavy atom. The van der Waals surface area contributed by atoms with Crippen molar-refractivity contribution in [2.75, 3.05) is 24.7 Å². The third-order valence-electron chi connectivity index (χ3n) is 6.18. The van der Waals surface area contributed by atoms with Gasteiger partial charge in [0.2, 0.25) is 11.8 Å². The number of benzene rings is 1. The monoisotopic (exact) mass is 483 g/mol. The normalized spacial score (nSPS) is 19.8. The van der Waals surface area contributed by atoms with Crippen LogP contribution in [0.3, 0.4) is 0 Å². The summed E-state index contributed by atoms with van der Waals surface area (Å²) >= 11 is 1.41. The first-order valence-corrected chi connectivity index (χ1v) is 12.3. The lowest BCUT2D eigenvalue weighted by molar-refractivity contribution is -0.113. The van der Waals surface area contributed by atoms with Gasteiger partial charge in [0.25, 0.3) is 0 Å². The van der Waals surface area contributed by atoms with Gasteiger partial charge in [-0.1, -0.05) is 11.8 Å². The maximum Gasteiger partial charge on any atom is 0.236 e. The summed E-state index contributed by atoms with van der Waals surface area (Å²) < 4.78 is 19.7. The fourth-order valence-corrected chi connectivity index (χ4v) is 5.14. The summed E-state index contributed by atoms with van der Waals surface area (Å²) in [5.74, 6) is 1.46. The number of amides is 1. The number of nitrogens with one attached hydrogen (secondary N) is 3. The van der Waals surface area contributed by atoms with E-state index in [0.29, 0.717) is 59.1 Å². The minimum atomic E-state index is -0.297. The summed E-state index contributed by atoms with van der Waals surface area (Å²) in [6.45, 7) is 1.79. The number of methoxy groups -OCH3 is 1. The van der Waals surface area contributed by atoms with E-state index in [9.17, 15) is 9.18 Å². The van der Waals surface area contributed by atoms with Gasteiger partial charge < -0.3 is 20.7 Å². The number of ether oxygens (including phenoxy) is 1. The highest BCUT2D eigenvalue weighted by molar-refractivity contribution is 8.00. The van der Waals surface area contributed by atoms with Crippen LogP contribution in [0, 0.1) is 11.7 Å². The number of hydrogen-bond acceptors (Lipinski definition) is 9. The van der Waals surface area contributed by atoms with Gasteiger partial charge in [-0.2, -0.15) is 0 Å². The van der Waals surface area contributed by atoms with Crippen LogP contribution in [-0.4, -0.2) is 51.3 Å². The summed E-state index contributed by atoms with van der Waals surface area (Å²) in [5, 5.41) is 10.5. The molecule has 3 N–H and O–H groups in total. The van der Waals surface area contributed by atoms with Gasteiger partial charge in [0.05, 0.1) is 36.5 Å². The molecule has 0 bridgehead atoms. The predicted molar refractivity (Wildman–Crippen MR) is 127 cm³/mol. The maximum atomic E-state index is 14.5. The summed E-state index contributed by atoms with van der Waals surface area (Å²) in [6.07, 6.45) is 6.50. The zero-order valence-corrected chi connectivity index (χ0v) is 19.6.